The molecule has 0 saturated carbocycles. The number of aromatic amines is 1. The van der Waals surface area contributed by atoms with Crippen molar-refractivity contribution in [3.8, 4) is 6.07 Å². The first-order valence-corrected chi connectivity index (χ1v) is 6.69. The van der Waals surface area contributed by atoms with Crippen molar-refractivity contribution < 1.29 is 18.1 Å². The Hall–Kier alpha value is -3.01. The molecule has 2 rings (SSSR count). The number of benzene rings is 1. The molecule has 1 heterocycles. The fourth-order valence-corrected chi connectivity index (χ4v) is 2.17. The summed E-state index contributed by atoms with van der Waals surface area (Å²) in [6.07, 6.45) is -3.73. The van der Waals surface area contributed by atoms with E-state index in [1.54, 1.807) is 6.07 Å². The molecular weight excluding hydrogens is 399 g/mol. The van der Waals surface area contributed by atoms with Gasteiger partial charge in [-0.25, -0.2) is 0 Å². The van der Waals surface area contributed by atoms with E-state index in [0.717, 1.165) is 6.20 Å². The zero-order chi connectivity index (χ0) is 17.9. The molecule has 1 aromatic heterocycles. The van der Waals surface area contributed by atoms with Crippen LogP contribution < -0.4 is 5.32 Å². The minimum atomic E-state index is -4.75. The second kappa shape index (κ2) is 6.62. The lowest BCUT2D eigenvalue weighted by Crippen LogP contribution is -2.07. The highest BCUT2D eigenvalue weighted by molar-refractivity contribution is 9.10. The number of anilines is 1. The van der Waals surface area contributed by atoms with Gasteiger partial charge in [0.25, 0.3) is 5.69 Å². The van der Waals surface area contributed by atoms with Crippen molar-refractivity contribution in [2.75, 3.05) is 5.32 Å². The summed E-state index contributed by atoms with van der Waals surface area (Å²) in [5.41, 5.74) is -2.40. The smallest absolute Gasteiger partial charge is 0.354 e. The Bertz CT molecular complexity index is 843. The number of aromatic nitrogens is 4. The molecule has 124 valence electrons. The van der Waals surface area contributed by atoms with Crippen LogP contribution in [0.2, 0.25) is 0 Å². The van der Waals surface area contributed by atoms with Crippen molar-refractivity contribution in [2.24, 2.45) is 0 Å². The van der Waals surface area contributed by atoms with Crippen LogP contribution in [0.3, 0.4) is 0 Å². The molecule has 0 spiro atoms. The van der Waals surface area contributed by atoms with Crippen LogP contribution in [-0.2, 0) is 6.18 Å². The predicted octanol–water partition coefficient (Wildman–Crippen LogP) is 2.87. The van der Waals surface area contributed by atoms with Gasteiger partial charge in [-0.1, -0.05) is 0 Å². The molecule has 0 unspecified atom stereocenters. The highest BCUT2D eigenvalue weighted by Gasteiger charge is 2.34. The van der Waals surface area contributed by atoms with Gasteiger partial charge in [0.1, 0.15) is 17.3 Å². The molecule has 0 aliphatic carbocycles. The molecular formula is C11H5BrF3N7O2. The second-order valence-electron chi connectivity index (χ2n) is 4.16. The minimum absolute atomic E-state index is 0.0873. The Balaban J connectivity index is 2.47. The Kier molecular flexibility index (Phi) is 4.79. The molecule has 2 aromatic rings. The number of alkyl halides is 3. The molecule has 0 saturated heterocycles. The summed E-state index contributed by atoms with van der Waals surface area (Å²) in [4.78, 5) is 10.1. The van der Waals surface area contributed by atoms with E-state index in [1.807, 2.05) is 0 Å². The lowest BCUT2D eigenvalue weighted by molar-refractivity contribution is -0.384. The summed E-state index contributed by atoms with van der Waals surface area (Å²) in [5.74, 6) is -0.0873. The predicted molar refractivity (Wildman–Crippen MR) is 77.2 cm³/mol. The van der Waals surface area contributed by atoms with Gasteiger partial charge in [-0.2, -0.15) is 23.6 Å². The van der Waals surface area contributed by atoms with E-state index in [4.69, 9.17) is 5.26 Å². The molecule has 0 aliphatic rings. The van der Waals surface area contributed by atoms with E-state index in [9.17, 15) is 23.3 Å². The number of allylic oxidation sites excluding steroid dienone is 1. The molecule has 24 heavy (non-hydrogen) atoms. The maximum absolute atomic E-state index is 12.8. The number of hydrogen-bond acceptors (Lipinski definition) is 7. The van der Waals surface area contributed by atoms with Gasteiger partial charge in [-0.3, -0.25) is 10.1 Å². The maximum Gasteiger partial charge on any atom is 0.416 e. The lowest BCUT2D eigenvalue weighted by atomic mass is 10.1. The molecule has 2 N–H and O–H groups in total. The first-order chi connectivity index (χ1) is 11.2. The van der Waals surface area contributed by atoms with Crippen LogP contribution in [0.1, 0.15) is 11.4 Å². The van der Waals surface area contributed by atoms with Crippen LogP contribution >= 0.6 is 15.9 Å². The van der Waals surface area contributed by atoms with E-state index in [0.29, 0.717) is 12.1 Å². The zero-order valence-electron chi connectivity index (χ0n) is 11.3. The first-order valence-electron chi connectivity index (χ1n) is 5.89. The van der Waals surface area contributed by atoms with Crippen molar-refractivity contribution in [1.29, 1.82) is 5.26 Å². The lowest BCUT2D eigenvalue weighted by Gasteiger charge is -2.11. The summed E-state index contributed by atoms with van der Waals surface area (Å²) in [5, 5.41) is 34.9. The summed E-state index contributed by atoms with van der Waals surface area (Å²) >= 11 is 2.85. The van der Waals surface area contributed by atoms with Crippen LogP contribution in [0.4, 0.5) is 24.5 Å². The van der Waals surface area contributed by atoms with Gasteiger partial charge in [0.2, 0.25) is 5.82 Å². The van der Waals surface area contributed by atoms with Gasteiger partial charge in [-0.15, -0.1) is 10.2 Å². The highest BCUT2D eigenvalue weighted by Crippen LogP contribution is 2.40. The number of nitrogens with one attached hydrogen (secondary N) is 2. The number of nitro benzene ring substituents is 1. The van der Waals surface area contributed by atoms with Crippen molar-refractivity contribution in [1.82, 2.24) is 20.6 Å². The topological polar surface area (TPSA) is 133 Å². The molecule has 0 fully saturated rings. The van der Waals surface area contributed by atoms with Gasteiger partial charge in [0.05, 0.1) is 10.5 Å². The van der Waals surface area contributed by atoms with E-state index >= 15 is 0 Å². The monoisotopic (exact) mass is 403 g/mol. The fourth-order valence-electron chi connectivity index (χ4n) is 1.61. The van der Waals surface area contributed by atoms with Crippen molar-refractivity contribution in [3.63, 3.8) is 0 Å². The summed E-state index contributed by atoms with van der Waals surface area (Å²) in [7, 11) is 0. The van der Waals surface area contributed by atoms with Crippen LogP contribution in [0.15, 0.2) is 22.8 Å². The molecule has 1 aromatic carbocycles. The quantitative estimate of drug-likeness (QED) is 0.455. The average Bonchev–Trinajstić information content (AvgIpc) is 3.01. The molecule has 9 nitrogen and oxygen atoms in total. The van der Waals surface area contributed by atoms with Crippen molar-refractivity contribution in [3.05, 3.63) is 44.3 Å². The van der Waals surface area contributed by atoms with Gasteiger partial charge in [0.15, 0.2) is 0 Å². The summed E-state index contributed by atoms with van der Waals surface area (Å²) in [6, 6.07) is 2.80. The number of rotatable bonds is 4. The van der Waals surface area contributed by atoms with Crippen molar-refractivity contribution >= 4 is 32.9 Å². The average molecular weight is 404 g/mol. The Morgan fingerprint density at radius 1 is 1.50 bits per heavy atom. The number of nitriles is 1. The highest BCUT2D eigenvalue weighted by atomic mass is 79.9. The molecule has 0 bridgehead atoms. The first kappa shape index (κ1) is 17.3. The van der Waals surface area contributed by atoms with Crippen LogP contribution in [-0.4, -0.2) is 25.5 Å². The molecule has 0 atom stereocenters. The van der Waals surface area contributed by atoms with Crippen molar-refractivity contribution in [2.45, 2.75) is 6.18 Å². The van der Waals surface area contributed by atoms with E-state index in [1.165, 1.54) is 0 Å². The second-order valence-corrected chi connectivity index (χ2v) is 5.01. The number of halogens is 4. The van der Waals surface area contributed by atoms with E-state index in [-0.39, 0.29) is 21.6 Å². The standard InChI is InChI=1S/C11H5BrF3N7O2/c12-7-1-6(11(13,14)15)2-8(22(23)24)9(7)17-4-5(3-16)10-18-20-21-19-10/h1-2,4,17H,(H,18,19,20,21). The maximum atomic E-state index is 12.8. The summed E-state index contributed by atoms with van der Waals surface area (Å²) < 4.78 is 38.1. The molecule has 0 aliphatic heterocycles. The Morgan fingerprint density at radius 3 is 2.71 bits per heavy atom. The fraction of sp³-hybridized carbons (Fsp3) is 0.0909. The molecule has 0 radical (unpaired) electrons. The third-order valence-electron chi connectivity index (χ3n) is 2.66. The molecule has 13 heteroatoms. The number of nitrogens with zero attached hydrogens (tertiary/aromatic N) is 5. The SMILES string of the molecule is N#CC(=CNc1c(Br)cc(C(F)(F)F)cc1[N+](=O)[O-])c1nn[nH]n1. The number of hydrogen-bond donors (Lipinski definition) is 2. The minimum Gasteiger partial charge on any atom is -0.354 e. The largest absolute Gasteiger partial charge is 0.416 e. The van der Waals surface area contributed by atoms with Gasteiger partial charge < -0.3 is 5.32 Å². The van der Waals surface area contributed by atoms with Gasteiger partial charge >= 0.3 is 6.18 Å². The third-order valence-corrected chi connectivity index (χ3v) is 3.29. The van der Waals surface area contributed by atoms with Crippen LogP contribution in [0.25, 0.3) is 5.57 Å². The normalized spacial score (nSPS) is 11.9. The Labute approximate surface area is 139 Å². The zero-order valence-corrected chi connectivity index (χ0v) is 12.9. The number of tetrazole rings is 1. The van der Waals surface area contributed by atoms with Crippen LogP contribution in [0.5, 0.6) is 0 Å². The summed E-state index contributed by atoms with van der Waals surface area (Å²) in [6.45, 7) is 0. The third kappa shape index (κ3) is 3.66. The van der Waals surface area contributed by atoms with Crippen LogP contribution in [0, 0.1) is 21.4 Å². The van der Waals surface area contributed by atoms with Gasteiger partial charge in [-0.05, 0) is 27.2 Å². The number of nitro groups is 1. The van der Waals surface area contributed by atoms with Gasteiger partial charge in [0, 0.05) is 16.7 Å². The van der Waals surface area contributed by atoms with E-state index in [2.05, 4.69) is 41.9 Å². The Morgan fingerprint density at radius 2 is 2.21 bits per heavy atom. The molecule has 0 amide bonds. The number of H-pyrrole nitrogens is 1. The van der Waals surface area contributed by atoms with E-state index < -0.39 is 22.4 Å².